The van der Waals surface area contributed by atoms with Crippen molar-refractivity contribution in [3.8, 4) is 0 Å². The number of amides is 2. The van der Waals surface area contributed by atoms with Crippen LogP contribution in [0.4, 0.5) is 10.5 Å². The number of methoxy groups -OCH3 is 1. The van der Waals surface area contributed by atoms with Crippen LogP contribution in [0.5, 0.6) is 0 Å². The highest BCUT2D eigenvalue weighted by atomic mass is 16.5. The second kappa shape index (κ2) is 7.66. The third-order valence-corrected chi connectivity index (χ3v) is 4.18. The summed E-state index contributed by atoms with van der Waals surface area (Å²) < 4.78 is 4.57. The Morgan fingerprint density at radius 1 is 1.08 bits per heavy atom. The van der Waals surface area contributed by atoms with E-state index in [2.05, 4.69) is 28.3 Å². The van der Waals surface area contributed by atoms with Gasteiger partial charge in [-0.05, 0) is 35.8 Å². The quantitative estimate of drug-likeness (QED) is 0.927. The van der Waals surface area contributed by atoms with E-state index in [-0.39, 0.29) is 5.91 Å². The first-order valence-corrected chi connectivity index (χ1v) is 8.16. The van der Waals surface area contributed by atoms with E-state index in [1.54, 1.807) is 24.3 Å². The van der Waals surface area contributed by atoms with Crippen molar-refractivity contribution in [1.29, 1.82) is 0 Å². The summed E-state index contributed by atoms with van der Waals surface area (Å²) >= 11 is 0. The molecular weight excluding hydrogens is 316 g/mol. The molecule has 1 aliphatic heterocycles. The van der Waals surface area contributed by atoms with E-state index in [4.69, 9.17) is 0 Å². The second-order valence-corrected chi connectivity index (χ2v) is 5.79. The van der Waals surface area contributed by atoms with Gasteiger partial charge in [-0.15, -0.1) is 0 Å². The van der Waals surface area contributed by atoms with E-state index < -0.39 is 6.09 Å². The smallest absolute Gasteiger partial charge is 0.411 e. The molecule has 3 rings (SSSR count). The molecule has 5 heteroatoms. The Morgan fingerprint density at radius 3 is 2.56 bits per heavy atom. The maximum absolute atomic E-state index is 12.7. The number of nitrogens with one attached hydrogen (secondary N) is 1. The summed E-state index contributed by atoms with van der Waals surface area (Å²) in [6.07, 6.45) is 2.38. The number of hydrogen-bond donors (Lipinski definition) is 1. The van der Waals surface area contributed by atoms with Gasteiger partial charge in [-0.25, -0.2) is 4.79 Å². The highest BCUT2D eigenvalue weighted by Crippen LogP contribution is 2.23. The first kappa shape index (κ1) is 16.8. The SMILES string of the molecule is COC(=O)Nc1cccc(C(=O)N2CC=C(c3ccccc3)CC2)c1. The average Bonchev–Trinajstić information content (AvgIpc) is 2.68. The van der Waals surface area contributed by atoms with Crippen LogP contribution in [0.1, 0.15) is 22.3 Å². The minimum absolute atomic E-state index is 0.0446. The van der Waals surface area contributed by atoms with Crippen LogP contribution in [0, 0.1) is 0 Å². The molecule has 0 saturated carbocycles. The molecule has 0 atom stereocenters. The van der Waals surface area contributed by atoms with E-state index in [0.29, 0.717) is 24.3 Å². The van der Waals surface area contributed by atoms with Crippen molar-refractivity contribution in [2.45, 2.75) is 6.42 Å². The Kier molecular flexibility index (Phi) is 5.14. The molecule has 25 heavy (non-hydrogen) atoms. The van der Waals surface area contributed by atoms with E-state index in [1.807, 2.05) is 23.1 Å². The normalized spacial score (nSPS) is 13.8. The molecule has 0 unspecified atom stereocenters. The lowest BCUT2D eigenvalue weighted by molar-refractivity contribution is 0.0773. The van der Waals surface area contributed by atoms with Crippen molar-refractivity contribution in [3.63, 3.8) is 0 Å². The summed E-state index contributed by atoms with van der Waals surface area (Å²) in [4.78, 5) is 25.8. The van der Waals surface area contributed by atoms with E-state index >= 15 is 0 Å². The zero-order valence-electron chi connectivity index (χ0n) is 14.1. The monoisotopic (exact) mass is 336 g/mol. The molecule has 128 valence electrons. The fourth-order valence-electron chi connectivity index (χ4n) is 2.85. The molecule has 2 aromatic rings. The Hall–Kier alpha value is -3.08. The first-order chi connectivity index (χ1) is 12.2. The summed E-state index contributed by atoms with van der Waals surface area (Å²) in [6.45, 7) is 1.26. The van der Waals surface area contributed by atoms with E-state index in [1.165, 1.54) is 18.2 Å². The van der Waals surface area contributed by atoms with Crippen molar-refractivity contribution in [3.05, 3.63) is 71.8 Å². The van der Waals surface area contributed by atoms with Crippen LogP contribution in [-0.2, 0) is 4.74 Å². The maximum Gasteiger partial charge on any atom is 0.411 e. The van der Waals surface area contributed by atoms with Gasteiger partial charge in [0.05, 0.1) is 7.11 Å². The van der Waals surface area contributed by atoms with E-state index in [0.717, 1.165) is 6.42 Å². The molecule has 0 aromatic heterocycles. The lowest BCUT2D eigenvalue weighted by atomic mass is 9.99. The standard InChI is InChI=1S/C20H20N2O3/c1-25-20(24)21-18-9-5-8-17(14-18)19(23)22-12-10-16(11-13-22)15-6-3-2-4-7-15/h2-10,14H,11-13H2,1H3,(H,21,24). The highest BCUT2D eigenvalue weighted by molar-refractivity contribution is 5.96. The minimum atomic E-state index is -0.557. The van der Waals surface area contributed by atoms with Gasteiger partial charge in [0, 0.05) is 24.3 Å². The zero-order chi connectivity index (χ0) is 17.6. The number of rotatable bonds is 3. The lowest BCUT2D eigenvalue weighted by Gasteiger charge is -2.27. The topological polar surface area (TPSA) is 58.6 Å². The molecule has 0 bridgehead atoms. The lowest BCUT2D eigenvalue weighted by Crippen LogP contribution is -2.34. The molecule has 5 nitrogen and oxygen atoms in total. The van der Waals surface area contributed by atoms with Crippen LogP contribution < -0.4 is 5.32 Å². The number of hydrogen-bond acceptors (Lipinski definition) is 3. The molecule has 2 aromatic carbocycles. The van der Waals surface area contributed by atoms with Gasteiger partial charge >= 0.3 is 6.09 Å². The molecule has 0 fully saturated rings. The summed E-state index contributed by atoms with van der Waals surface area (Å²) in [6, 6.07) is 17.1. The number of benzene rings is 2. The van der Waals surface area contributed by atoms with Gasteiger partial charge in [-0.2, -0.15) is 0 Å². The number of nitrogens with zero attached hydrogens (tertiary/aromatic N) is 1. The summed E-state index contributed by atoms with van der Waals surface area (Å²) in [5.41, 5.74) is 3.56. The van der Waals surface area contributed by atoms with Gasteiger partial charge < -0.3 is 9.64 Å². The summed E-state index contributed by atoms with van der Waals surface area (Å²) in [7, 11) is 1.30. The molecular formula is C20H20N2O3. The number of ether oxygens (including phenoxy) is 1. The van der Waals surface area contributed by atoms with Crippen molar-refractivity contribution in [1.82, 2.24) is 4.90 Å². The number of anilines is 1. The first-order valence-electron chi connectivity index (χ1n) is 8.16. The molecule has 0 aliphatic carbocycles. The minimum Gasteiger partial charge on any atom is -0.453 e. The van der Waals surface area contributed by atoms with Crippen LogP contribution in [-0.4, -0.2) is 37.1 Å². The largest absolute Gasteiger partial charge is 0.453 e. The van der Waals surface area contributed by atoms with Crippen molar-refractivity contribution in [2.24, 2.45) is 0 Å². The van der Waals surface area contributed by atoms with Crippen LogP contribution in [0.15, 0.2) is 60.7 Å². The Bertz CT molecular complexity index is 800. The molecule has 1 N–H and O–H groups in total. The predicted molar refractivity (Wildman–Crippen MR) is 97.4 cm³/mol. The van der Waals surface area contributed by atoms with Gasteiger partial charge in [0.15, 0.2) is 0 Å². The Morgan fingerprint density at radius 2 is 1.88 bits per heavy atom. The zero-order valence-corrected chi connectivity index (χ0v) is 14.1. The van der Waals surface area contributed by atoms with Gasteiger partial charge in [0.2, 0.25) is 0 Å². The molecule has 0 spiro atoms. The summed E-state index contributed by atoms with van der Waals surface area (Å²) in [5, 5.41) is 2.57. The van der Waals surface area contributed by atoms with Gasteiger partial charge in [0.1, 0.15) is 0 Å². The molecule has 1 heterocycles. The van der Waals surface area contributed by atoms with Gasteiger partial charge in [0.25, 0.3) is 5.91 Å². The number of carbonyl (C=O) groups excluding carboxylic acids is 2. The highest BCUT2D eigenvalue weighted by Gasteiger charge is 2.19. The molecule has 0 saturated heterocycles. The Labute approximate surface area is 146 Å². The fourth-order valence-corrected chi connectivity index (χ4v) is 2.85. The molecule has 1 aliphatic rings. The average molecular weight is 336 g/mol. The maximum atomic E-state index is 12.7. The van der Waals surface area contributed by atoms with Gasteiger partial charge in [-0.1, -0.05) is 42.5 Å². The van der Waals surface area contributed by atoms with Crippen LogP contribution in [0.3, 0.4) is 0 Å². The predicted octanol–water partition coefficient (Wildman–Crippen LogP) is 3.79. The van der Waals surface area contributed by atoms with Crippen LogP contribution in [0.25, 0.3) is 5.57 Å². The van der Waals surface area contributed by atoms with Crippen molar-refractivity contribution in [2.75, 3.05) is 25.5 Å². The molecule has 0 radical (unpaired) electrons. The molecule has 2 amide bonds. The van der Waals surface area contributed by atoms with Crippen LogP contribution in [0.2, 0.25) is 0 Å². The van der Waals surface area contributed by atoms with Crippen molar-refractivity contribution >= 4 is 23.3 Å². The third kappa shape index (κ3) is 4.07. The van der Waals surface area contributed by atoms with Crippen molar-refractivity contribution < 1.29 is 14.3 Å². The van der Waals surface area contributed by atoms with E-state index in [9.17, 15) is 9.59 Å². The Balaban J connectivity index is 1.69. The third-order valence-electron chi connectivity index (χ3n) is 4.18. The second-order valence-electron chi connectivity index (χ2n) is 5.79. The van der Waals surface area contributed by atoms with Crippen LogP contribution >= 0.6 is 0 Å². The fraction of sp³-hybridized carbons (Fsp3) is 0.200. The number of carbonyl (C=O) groups is 2. The summed E-state index contributed by atoms with van der Waals surface area (Å²) in [5.74, 6) is -0.0446. The van der Waals surface area contributed by atoms with Gasteiger partial charge in [-0.3, -0.25) is 10.1 Å².